The first-order valence-electron chi connectivity index (χ1n) is 7.19. The SMILES string of the molecule is COC1(C(NN)c2ccc(Cl)cc2)CCC(C)(C)CC1. The fraction of sp³-hybridized carbons (Fsp3) is 0.625. The van der Waals surface area contributed by atoms with Gasteiger partial charge in [0.15, 0.2) is 0 Å². The molecule has 0 heterocycles. The first-order valence-corrected chi connectivity index (χ1v) is 7.57. The topological polar surface area (TPSA) is 47.3 Å². The zero-order valence-corrected chi connectivity index (χ0v) is 13.3. The van der Waals surface area contributed by atoms with Crippen molar-refractivity contribution in [2.24, 2.45) is 11.3 Å². The average Bonchev–Trinajstić information content (AvgIpc) is 2.44. The molecule has 0 radical (unpaired) electrons. The number of methoxy groups -OCH3 is 1. The molecular weight excluding hydrogens is 272 g/mol. The summed E-state index contributed by atoms with van der Waals surface area (Å²) in [7, 11) is 1.79. The molecule has 0 spiro atoms. The van der Waals surface area contributed by atoms with E-state index in [0.717, 1.165) is 36.3 Å². The van der Waals surface area contributed by atoms with Crippen molar-refractivity contribution in [1.82, 2.24) is 5.43 Å². The summed E-state index contributed by atoms with van der Waals surface area (Å²) in [5, 5.41) is 0.737. The van der Waals surface area contributed by atoms with E-state index < -0.39 is 0 Å². The van der Waals surface area contributed by atoms with Gasteiger partial charge in [0.05, 0.1) is 11.6 Å². The molecule has 3 nitrogen and oxygen atoms in total. The zero-order chi connectivity index (χ0) is 14.8. The van der Waals surface area contributed by atoms with Crippen LogP contribution in [0, 0.1) is 5.41 Å². The molecule has 1 atom stereocenters. The van der Waals surface area contributed by atoms with Crippen LogP contribution in [0.15, 0.2) is 24.3 Å². The van der Waals surface area contributed by atoms with Gasteiger partial charge in [0.2, 0.25) is 0 Å². The molecule has 1 aromatic rings. The lowest BCUT2D eigenvalue weighted by Gasteiger charge is -2.47. The van der Waals surface area contributed by atoms with Gasteiger partial charge in [0, 0.05) is 12.1 Å². The Bertz CT molecular complexity index is 434. The van der Waals surface area contributed by atoms with Gasteiger partial charge in [-0.3, -0.25) is 11.3 Å². The molecule has 2 rings (SSSR count). The van der Waals surface area contributed by atoms with E-state index in [-0.39, 0.29) is 11.6 Å². The summed E-state index contributed by atoms with van der Waals surface area (Å²) in [6, 6.07) is 7.83. The normalized spacial score (nSPS) is 22.4. The second-order valence-corrected chi connectivity index (χ2v) is 7.02. The van der Waals surface area contributed by atoms with E-state index >= 15 is 0 Å². The Morgan fingerprint density at radius 3 is 2.15 bits per heavy atom. The number of hydrogen-bond donors (Lipinski definition) is 2. The number of nitrogens with two attached hydrogens (primary N) is 1. The van der Waals surface area contributed by atoms with Crippen molar-refractivity contribution in [3.63, 3.8) is 0 Å². The molecule has 20 heavy (non-hydrogen) atoms. The molecule has 1 fully saturated rings. The number of hydrazine groups is 1. The van der Waals surface area contributed by atoms with E-state index in [0.29, 0.717) is 5.41 Å². The van der Waals surface area contributed by atoms with Crippen LogP contribution >= 0.6 is 11.6 Å². The molecule has 1 aromatic carbocycles. The van der Waals surface area contributed by atoms with Gasteiger partial charge in [-0.05, 0) is 48.8 Å². The highest BCUT2D eigenvalue weighted by atomic mass is 35.5. The number of nitrogens with one attached hydrogen (secondary N) is 1. The highest BCUT2D eigenvalue weighted by Crippen LogP contribution is 2.47. The summed E-state index contributed by atoms with van der Waals surface area (Å²) in [4.78, 5) is 0. The molecule has 0 aliphatic heterocycles. The Balaban J connectivity index is 2.26. The van der Waals surface area contributed by atoms with Crippen molar-refractivity contribution in [3.05, 3.63) is 34.9 Å². The predicted molar refractivity (Wildman–Crippen MR) is 83.5 cm³/mol. The van der Waals surface area contributed by atoms with Gasteiger partial charge >= 0.3 is 0 Å². The van der Waals surface area contributed by atoms with Gasteiger partial charge in [-0.2, -0.15) is 0 Å². The highest BCUT2D eigenvalue weighted by Gasteiger charge is 2.44. The lowest BCUT2D eigenvalue weighted by Crippen LogP contribution is -2.51. The van der Waals surface area contributed by atoms with Crippen molar-refractivity contribution in [2.45, 2.75) is 51.2 Å². The number of rotatable bonds is 4. The quantitative estimate of drug-likeness (QED) is 0.656. The molecule has 112 valence electrons. The first-order chi connectivity index (χ1) is 9.42. The Labute approximate surface area is 126 Å². The van der Waals surface area contributed by atoms with Gasteiger partial charge in [-0.15, -0.1) is 0 Å². The summed E-state index contributed by atoms with van der Waals surface area (Å²) in [6.45, 7) is 4.64. The van der Waals surface area contributed by atoms with Crippen LogP contribution in [0.1, 0.15) is 51.1 Å². The van der Waals surface area contributed by atoms with E-state index in [1.807, 2.05) is 24.3 Å². The smallest absolute Gasteiger partial charge is 0.0885 e. The number of ether oxygens (including phenoxy) is 1. The summed E-state index contributed by atoms with van der Waals surface area (Å²) < 4.78 is 5.93. The molecule has 1 saturated carbocycles. The van der Waals surface area contributed by atoms with E-state index in [9.17, 15) is 0 Å². The number of halogens is 1. The summed E-state index contributed by atoms with van der Waals surface area (Å²) in [5.41, 5.74) is 4.23. The van der Waals surface area contributed by atoms with Crippen LogP contribution in [0.25, 0.3) is 0 Å². The van der Waals surface area contributed by atoms with Crippen LogP contribution in [0.3, 0.4) is 0 Å². The third-order valence-electron chi connectivity index (χ3n) is 4.75. The fourth-order valence-electron chi connectivity index (χ4n) is 3.17. The number of benzene rings is 1. The van der Waals surface area contributed by atoms with Gasteiger partial charge in [0.25, 0.3) is 0 Å². The molecule has 0 saturated heterocycles. The lowest BCUT2D eigenvalue weighted by molar-refractivity contribution is -0.0877. The van der Waals surface area contributed by atoms with Crippen LogP contribution in [0.5, 0.6) is 0 Å². The summed E-state index contributed by atoms with van der Waals surface area (Å²) in [6.07, 6.45) is 4.31. The Kier molecular flexibility index (Phi) is 4.75. The minimum Gasteiger partial charge on any atom is -0.376 e. The van der Waals surface area contributed by atoms with Crippen molar-refractivity contribution in [1.29, 1.82) is 0 Å². The van der Waals surface area contributed by atoms with Gasteiger partial charge in [0.1, 0.15) is 0 Å². The molecule has 1 aliphatic rings. The standard InChI is InChI=1S/C16H25ClN2O/c1-15(2)8-10-16(20-3,11-9-15)14(19-18)12-4-6-13(17)7-5-12/h4-7,14,19H,8-11,18H2,1-3H3. The first kappa shape index (κ1) is 15.8. The van der Waals surface area contributed by atoms with Crippen LogP contribution in [-0.2, 0) is 4.74 Å². The van der Waals surface area contributed by atoms with Crippen LogP contribution in [0.2, 0.25) is 5.02 Å². The summed E-state index contributed by atoms with van der Waals surface area (Å²) in [5.74, 6) is 5.84. The van der Waals surface area contributed by atoms with Gasteiger partial charge in [-0.1, -0.05) is 37.6 Å². The lowest BCUT2D eigenvalue weighted by atomic mass is 9.67. The van der Waals surface area contributed by atoms with E-state index in [1.54, 1.807) is 7.11 Å². The Morgan fingerprint density at radius 2 is 1.70 bits per heavy atom. The van der Waals surface area contributed by atoms with Crippen molar-refractivity contribution >= 4 is 11.6 Å². The maximum absolute atomic E-state index is 5.97. The largest absolute Gasteiger partial charge is 0.376 e. The molecule has 0 bridgehead atoms. The molecule has 3 N–H and O–H groups in total. The third kappa shape index (κ3) is 3.17. The van der Waals surface area contributed by atoms with Crippen molar-refractivity contribution in [2.75, 3.05) is 7.11 Å². The Morgan fingerprint density at radius 1 is 1.15 bits per heavy atom. The minimum atomic E-state index is -0.238. The molecule has 0 amide bonds. The average molecular weight is 297 g/mol. The van der Waals surface area contributed by atoms with E-state index in [1.165, 1.54) is 0 Å². The van der Waals surface area contributed by atoms with Crippen molar-refractivity contribution < 1.29 is 4.74 Å². The maximum Gasteiger partial charge on any atom is 0.0885 e. The second kappa shape index (κ2) is 6.02. The number of hydrogen-bond acceptors (Lipinski definition) is 3. The summed E-state index contributed by atoms with van der Waals surface area (Å²) >= 11 is 5.97. The fourth-order valence-corrected chi connectivity index (χ4v) is 3.29. The third-order valence-corrected chi connectivity index (χ3v) is 5.00. The Hall–Kier alpha value is -0.610. The van der Waals surface area contributed by atoms with Crippen LogP contribution in [-0.4, -0.2) is 12.7 Å². The molecule has 1 unspecified atom stereocenters. The second-order valence-electron chi connectivity index (χ2n) is 6.58. The van der Waals surface area contributed by atoms with Gasteiger partial charge in [-0.25, -0.2) is 0 Å². The maximum atomic E-state index is 5.97. The van der Waals surface area contributed by atoms with Crippen molar-refractivity contribution in [3.8, 4) is 0 Å². The van der Waals surface area contributed by atoms with E-state index in [4.69, 9.17) is 22.2 Å². The highest BCUT2D eigenvalue weighted by molar-refractivity contribution is 6.30. The van der Waals surface area contributed by atoms with Gasteiger partial charge < -0.3 is 4.74 Å². The molecule has 0 aromatic heterocycles. The monoisotopic (exact) mass is 296 g/mol. The predicted octanol–water partition coefficient (Wildman–Crippen LogP) is 3.83. The molecular formula is C16H25ClN2O. The molecule has 4 heteroatoms. The van der Waals surface area contributed by atoms with Crippen LogP contribution in [0.4, 0.5) is 0 Å². The zero-order valence-electron chi connectivity index (χ0n) is 12.6. The molecule has 1 aliphatic carbocycles. The minimum absolute atomic E-state index is 0.0131. The van der Waals surface area contributed by atoms with E-state index in [2.05, 4.69) is 19.3 Å². The van der Waals surface area contributed by atoms with Crippen LogP contribution < -0.4 is 11.3 Å².